The van der Waals surface area contributed by atoms with Gasteiger partial charge in [-0.05, 0) is 34.1 Å². The molecule has 128 valence electrons. The van der Waals surface area contributed by atoms with E-state index in [-0.39, 0.29) is 11.1 Å². The molecule has 7 nitrogen and oxygen atoms in total. The van der Waals surface area contributed by atoms with Gasteiger partial charge in [-0.15, -0.1) is 11.3 Å². The number of rotatable bonds is 5. The van der Waals surface area contributed by atoms with Crippen molar-refractivity contribution in [2.75, 3.05) is 11.9 Å². The smallest absolute Gasteiger partial charge is 0.263 e. The van der Waals surface area contributed by atoms with Gasteiger partial charge in [0.05, 0.1) is 16.7 Å². The second-order valence-electron chi connectivity index (χ2n) is 6.79. The summed E-state index contributed by atoms with van der Waals surface area (Å²) in [4.78, 5) is 24.0. The lowest BCUT2D eigenvalue weighted by molar-refractivity contribution is 0.366. The van der Waals surface area contributed by atoms with Crippen molar-refractivity contribution in [3.05, 3.63) is 32.6 Å². The zero-order valence-corrected chi connectivity index (χ0v) is 15.2. The van der Waals surface area contributed by atoms with Crippen molar-refractivity contribution in [3.8, 4) is 0 Å². The highest BCUT2D eigenvalue weighted by molar-refractivity contribution is 7.09. The predicted octanol–water partition coefficient (Wildman–Crippen LogP) is 2.68. The Morgan fingerprint density at radius 3 is 2.79 bits per heavy atom. The lowest BCUT2D eigenvalue weighted by Crippen LogP contribution is -2.24. The summed E-state index contributed by atoms with van der Waals surface area (Å²) in [5, 5.41) is 11.2. The number of anilines is 1. The minimum Gasteiger partial charge on any atom is -0.356 e. The lowest BCUT2D eigenvalue weighted by Gasteiger charge is -2.19. The predicted molar refractivity (Wildman–Crippen MR) is 96.8 cm³/mol. The Labute approximate surface area is 144 Å². The number of aromatic amines is 1. The summed E-state index contributed by atoms with van der Waals surface area (Å²) >= 11 is 1.68. The molecule has 0 aliphatic heterocycles. The minimum atomic E-state index is -0.234. The second kappa shape index (κ2) is 6.35. The summed E-state index contributed by atoms with van der Waals surface area (Å²) < 4.78 is 1.78. The van der Waals surface area contributed by atoms with Gasteiger partial charge >= 0.3 is 0 Å². The molecule has 3 aromatic heterocycles. The molecular weight excluding hydrogens is 324 g/mol. The maximum absolute atomic E-state index is 12.2. The van der Waals surface area contributed by atoms with Crippen LogP contribution in [0.25, 0.3) is 11.0 Å². The van der Waals surface area contributed by atoms with Crippen molar-refractivity contribution in [2.45, 2.75) is 46.1 Å². The first-order valence-electron chi connectivity index (χ1n) is 7.98. The third kappa shape index (κ3) is 3.48. The van der Waals surface area contributed by atoms with Gasteiger partial charge in [0.1, 0.15) is 5.39 Å². The number of nitrogens with zero attached hydrogens (tertiary/aromatic N) is 4. The number of hydrogen-bond acceptors (Lipinski definition) is 6. The largest absolute Gasteiger partial charge is 0.356 e. The average Bonchev–Trinajstić information content (AvgIpc) is 3.09. The fourth-order valence-corrected chi connectivity index (χ4v) is 3.28. The average molecular weight is 346 g/mol. The van der Waals surface area contributed by atoms with E-state index < -0.39 is 0 Å². The molecule has 0 saturated carbocycles. The Bertz CT molecular complexity index is 901. The highest BCUT2D eigenvalue weighted by Gasteiger charge is 2.19. The summed E-state index contributed by atoms with van der Waals surface area (Å²) in [6.07, 6.45) is 3.41. The van der Waals surface area contributed by atoms with Crippen LogP contribution < -0.4 is 10.9 Å². The number of aryl methyl sites for hydroxylation is 2. The molecular formula is C16H22N6OS. The van der Waals surface area contributed by atoms with Crippen LogP contribution in [0.1, 0.15) is 37.9 Å². The van der Waals surface area contributed by atoms with Crippen molar-refractivity contribution in [2.24, 2.45) is 0 Å². The number of fused-ring (bicyclic) bond motifs is 1. The number of thiazole rings is 1. The van der Waals surface area contributed by atoms with E-state index in [0.29, 0.717) is 17.0 Å². The minimum absolute atomic E-state index is 0.173. The van der Waals surface area contributed by atoms with Crippen LogP contribution in [0.4, 0.5) is 5.95 Å². The van der Waals surface area contributed by atoms with Gasteiger partial charge in [0.15, 0.2) is 5.65 Å². The van der Waals surface area contributed by atoms with Crippen molar-refractivity contribution in [3.63, 3.8) is 0 Å². The van der Waals surface area contributed by atoms with Gasteiger partial charge in [-0.3, -0.25) is 9.78 Å². The van der Waals surface area contributed by atoms with E-state index in [1.165, 1.54) is 0 Å². The van der Waals surface area contributed by atoms with Crippen LogP contribution in [-0.4, -0.2) is 31.3 Å². The molecule has 0 saturated heterocycles. The van der Waals surface area contributed by atoms with Crippen LogP contribution >= 0.6 is 11.3 Å². The summed E-state index contributed by atoms with van der Waals surface area (Å²) in [6, 6.07) is 0. The Balaban J connectivity index is 1.71. The van der Waals surface area contributed by atoms with Crippen molar-refractivity contribution in [1.29, 1.82) is 0 Å². The van der Waals surface area contributed by atoms with Gasteiger partial charge in [0, 0.05) is 24.0 Å². The molecule has 24 heavy (non-hydrogen) atoms. The van der Waals surface area contributed by atoms with Gasteiger partial charge in [0.25, 0.3) is 5.56 Å². The van der Waals surface area contributed by atoms with Crippen LogP contribution in [0.5, 0.6) is 0 Å². The van der Waals surface area contributed by atoms with E-state index in [1.807, 2.05) is 27.7 Å². The van der Waals surface area contributed by atoms with Crippen LogP contribution in [0, 0.1) is 6.92 Å². The molecule has 0 atom stereocenters. The number of hydrogen-bond donors (Lipinski definition) is 2. The molecule has 0 unspecified atom stereocenters. The second-order valence-corrected chi connectivity index (χ2v) is 7.73. The van der Waals surface area contributed by atoms with E-state index in [2.05, 4.69) is 30.7 Å². The number of nitrogens with one attached hydrogen (secondary N) is 2. The molecule has 8 heteroatoms. The Morgan fingerprint density at radius 2 is 2.12 bits per heavy atom. The van der Waals surface area contributed by atoms with Gasteiger partial charge in [-0.1, -0.05) is 0 Å². The highest BCUT2D eigenvalue weighted by Crippen LogP contribution is 2.18. The molecule has 0 aromatic carbocycles. The first-order chi connectivity index (χ1) is 11.3. The summed E-state index contributed by atoms with van der Waals surface area (Å²) in [5.41, 5.74) is 1.26. The van der Waals surface area contributed by atoms with Crippen LogP contribution in [0.3, 0.4) is 0 Å². The topological polar surface area (TPSA) is 88.5 Å². The zero-order valence-electron chi connectivity index (χ0n) is 14.4. The molecule has 2 N–H and O–H groups in total. The van der Waals surface area contributed by atoms with Crippen molar-refractivity contribution < 1.29 is 0 Å². The van der Waals surface area contributed by atoms with Gasteiger partial charge in [-0.25, -0.2) is 9.67 Å². The lowest BCUT2D eigenvalue weighted by atomic mass is 10.1. The third-order valence-corrected chi connectivity index (χ3v) is 4.63. The summed E-state index contributed by atoms with van der Waals surface area (Å²) in [7, 11) is 0. The third-order valence-electron chi connectivity index (χ3n) is 3.60. The van der Waals surface area contributed by atoms with E-state index in [1.54, 1.807) is 22.2 Å². The van der Waals surface area contributed by atoms with E-state index in [9.17, 15) is 4.79 Å². The fraction of sp³-hybridized carbons (Fsp3) is 0.500. The van der Waals surface area contributed by atoms with E-state index >= 15 is 0 Å². The Hall–Kier alpha value is -2.22. The molecule has 0 fully saturated rings. The summed E-state index contributed by atoms with van der Waals surface area (Å²) in [5.74, 6) is 0.480. The van der Waals surface area contributed by atoms with E-state index in [0.717, 1.165) is 30.1 Å². The Kier molecular flexibility index (Phi) is 4.40. The van der Waals surface area contributed by atoms with Crippen LogP contribution in [-0.2, 0) is 12.0 Å². The van der Waals surface area contributed by atoms with Gasteiger partial charge in [0.2, 0.25) is 5.95 Å². The first-order valence-corrected chi connectivity index (χ1v) is 8.86. The van der Waals surface area contributed by atoms with E-state index in [4.69, 9.17) is 0 Å². The number of aromatic nitrogens is 5. The maximum Gasteiger partial charge on any atom is 0.263 e. The first kappa shape index (κ1) is 16.6. The maximum atomic E-state index is 12.2. The van der Waals surface area contributed by atoms with Crippen molar-refractivity contribution in [1.82, 2.24) is 24.7 Å². The molecule has 0 radical (unpaired) electrons. The Morgan fingerprint density at radius 1 is 1.33 bits per heavy atom. The van der Waals surface area contributed by atoms with Crippen molar-refractivity contribution >= 4 is 28.3 Å². The SMILES string of the molecule is Cc1csc(CCCNc2nc3c(cnn3C(C)(C)C)c(=O)[nH]2)n1. The normalized spacial score (nSPS) is 12.0. The zero-order chi connectivity index (χ0) is 17.3. The molecule has 0 amide bonds. The quantitative estimate of drug-likeness (QED) is 0.694. The molecule has 3 aromatic rings. The van der Waals surface area contributed by atoms with Gasteiger partial charge in [-0.2, -0.15) is 10.1 Å². The highest BCUT2D eigenvalue weighted by atomic mass is 32.1. The molecule has 0 aliphatic carbocycles. The van der Waals surface area contributed by atoms with Crippen LogP contribution in [0.2, 0.25) is 0 Å². The molecule has 0 spiro atoms. The monoisotopic (exact) mass is 346 g/mol. The van der Waals surface area contributed by atoms with Gasteiger partial charge < -0.3 is 5.32 Å². The number of H-pyrrole nitrogens is 1. The molecule has 3 rings (SSSR count). The standard InChI is InChI=1S/C16H22N6OS/c1-10-9-24-12(19-10)6-5-7-17-15-20-13-11(14(23)21-15)8-18-22(13)16(2,3)4/h8-9H,5-7H2,1-4H3,(H2,17,20,21,23). The molecule has 3 heterocycles. The molecule has 0 bridgehead atoms. The molecule has 0 aliphatic rings. The fourth-order valence-electron chi connectivity index (χ4n) is 2.46. The summed E-state index contributed by atoms with van der Waals surface area (Å²) in [6.45, 7) is 8.82. The van der Waals surface area contributed by atoms with Crippen LogP contribution in [0.15, 0.2) is 16.4 Å².